The van der Waals surface area contributed by atoms with Crippen molar-refractivity contribution < 1.29 is 9.53 Å². The van der Waals surface area contributed by atoms with Crippen LogP contribution in [0.2, 0.25) is 5.02 Å². The molecule has 6 heteroatoms. The van der Waals surface area contributed by atoms with Gasteiger partial charge in [0.2, 0.25) is 0 Å². The zero-order chi connectivity index (χ0) is 17.7. The molecule has 1 aromatic carbocycles. The van der Waals surface area contributed by atoms with Crippen molar-refractivity contribution in [2.75, 3.05) is 38.2 Å². The van der Waals surface area contributed by atoms with Gasteiger partial charge in [-0.3, -0.25) is 4.90 Å². The lowest BCUT2D eigenvalue weighted by Crippen LogP contribution is -2.60. The van der Waals surface area contributed by atoms with Crippen LogP contribution in [0.5, 0.6) is 0 Å². The van der Waals surface area contributed by atoms with Crippen molar-refractivity contribution in [3.8, 4) is 0 Å². The zero-order valence-corrected chi connectivity index (χ0v) is 15.7. The number of anilines is 1. The Labute approximate surface area is 155 Å². The van der Waals surface area contributed by atoms with Crippen molar-refractivity contribution in [2.24, 2.45) is 0 Å². The predicted octanol–water partition coefficient (Wildman–Crippen LogP) is 3.81. The zero-order valence-electron chi connectivity index (χ0n) is 14.9. The third kappa shape index (κ3) is 4.66. The van der Waals surface area contributed by atoms with Crippen molar-refractivity contribution in [1.82, 2.24) is 10.2 Å². The number of urea groups is 1. The fourth-order valence-electron chi connectivity index (χ4n) is 3.94. The van der Waals surface area contributed by atoms with Crippen LogP contribution in [-0.2, 0) is 4.74 Å². The standard InChI is InChI=1S/C19H28ClN3O2/c1-15-5-6-16(13-17(15)20)22-18(24)21-14-19(7-3-2-4-8-19)23-9-11-25-12-10-23/h5-6,13H,2-4,7-12,14H2,1H3,(H2,21,22,24). The third-order valence-electron chi connectivity index (χ3n) is 5.47. The molecule has 1 saturated heterocycles. The number of nitrogens with zero attached hydrogens (tertiary/aromatic N) is 1. The summed E-state index contributed by atoms with van der Waals surface area (Å²) in [5.74, 6) is 0. The average Bonchev–Trinajstić information content (AvgIpc) is 2.65. The fourth-order valence-corrected chi connectivity index (χ4v) is 4.12. The highest BCUT2D eigenvalue weighted by Crippen LogP contribution is 2.34. The lowest BCUT2D eigenvalue weighted by Gasteiger charge is -2.48. The van der Waals surface area contributed by atoms with Crippen molar-refractivity contribution in [1.29, 1.82) is 0 Å². The smallest absolute Gasteiger partial charge is 0.319 e. The number of carbonyl (C=O) groups is 1. The predicted molar refractivity (Wildman–Crippen MR) is 101 cm³/mol. The van der Waals surface area contributed by atoms with E-state index in [0.717, 1.165) is 50.4 Å². The second kappa shape index (κ2) is 8.39. The summed E-state index contributed by atoms with van der Waals surface area (Å²) in [6.07, 6.45) is 6.04. The SMILES string of the molecule is Cc1ccc(NC(=O)NCC2(N3CCOCC3)CCCCC2)cc1Cl. The summed E-state index contributed by atoms with van der Waals surface area (Å²) in [6, 6.07) is 5.40. The molecule has 25 heavy (non-hydrogen) atoms. The van der Waals surface area contributed by atoms with E-state index in [0.29, 0.717) is 11.6 Å². The maximum atomic E-state index is 12.4. The molecule has 1 aliphatic heterocycles. The molecular weight excluding hydrogens is 338 g/mol. The van der Waals surface area contributed by atoms with Crippen LogP contribution < -0.4 is 10.6 Å². The number of benzene rings is 1. The van der Waals surface area contributed by atoms with Crippen molar-refractivity contribution in [2.45, 2.75) is 44.6 Å². The molecule has 2 aliphatic rings. The number of hydrogen-bond acceptors (Lipinski definition) is 3. The van der Waals surface area contributed by atoms with Crippen LogP contribution in [0.3, 0.4) is 0 Å². The van der Waals surface area contributed by atoms with Crippen molar-refractivity contribution in [3.63, 3.8) is 0 Å². The summed E-state index contributed by atoms with van der Waals surface area (Å²) in [6.45, 7) is 6.11. The largest absolute Gasteiger partial charge is 0.379 e. The lowest BCUT2D eigenvalue weighted by molar-refractivity contribution is -0.0356. The van der Waals surface area contributed by atoms with Gasteiger partial charge >= 0.3 is 6.03 Å². The van der Waals surface area contributed by atoms with E-state index in [1.54, 1.807) is 6.07 Å². The van der Waals surface area contributed by atoms with Gasteiger partial charge in [0.15, 0.2) is 0 Å². The maximum Gasteiger partial charge on any atom is 0.319 e. The molecule has 1 aromatic rings. The van der Waals surface area contributed by atoms with Crippen LogP contribution in [0.4, 0.5) is 10.5 Å². The number of carbonyl (C=O) groups excluding carboxylic acids is 1. The van der Waals surface area contributed by atoms with E-state index >= 15 is 0 Å². The molecule has 138 valence electrons. The first-order chi connectivity index (χ1) is 12.1. The van der Waals surface area contributed by atoms with Crippen LogP contribution in [-0.4, -0.2) is 49.3 Å². The van der Waals surface area contributed by atoms with Crippen molar-refractivity contribution in [3.05, 3.63) is 28.8 Å². The Morgan fingerprint density at radius 2 is 1.96 bits per heavy atom. The Hall–Kier alpha value is -1.30. The highest BCUT2D eigenvalue weighted by atomic mass is 35.5. The molecule has 3 rings (SSSR count). The third-order valence-corrected chi connectivity index (χ3v) is 5.88. The number of amides is 2. The molecule has 1 saturated carbocycles. The van der Waals surface area contributed by atoms with Crippen LogP contribution in [0.25, 0.3) is 0 Å². The molecule has 0 radical (unpaired) electrons. The number of rotatable bonds is 4. The van der Waals surface area contributed by atoms with Gasteiger partial charge < -0.3 is 15.4 Å². The Kier molecular flexibility index (Phi) is 6.20. The van der Waals surface area contributed by atoms with Gasteiger partial charge in [-0.15, -0.1) is 0 Å². The van der Waals surface area contributed by atoms with Crippen LogP contribution >= 0.6 is 11.6 Å². The van der Waals surface area contributed by atoms with Gasteiger partial charge in [0, 0.05) is 35.9 Å². The molecule has 5 nitrogen and oxygen atoms in total. The monoisotopic (exact) mass is 365 g/mol. The quantitative estimate of drug-likeness (QED) is 0.853. The fraction of sp³-hybridized carbons (Fsp3) is 0.632. The first kappa shape index (κ1) is 18.5. The summed E-state index contributed by atoms with van der Waals surface area (Å²) in [5.41, 5.74) is 1.79. The summed E-state index contributed by atoms with van der Waals surface area (Å²) >= 11 is 6.13. The van der Waals surface area contributed by atoms with E-state index in [-0.39, 0.29) is 11.6 Å². The Bertz CT molecular complexity index is 596. The molecular formula is C19H28ClN3O2. The van der Waals surface area contributed by atoms with Gasteiger partial charge in [0.1, 0.15) is 0 Å². The summed E-state index contributed by atoms with van der Waals surface area (Å²) < 4.78 is 5.51. The summed E-state index contributed by atoms with van der Waals surface area (Å²) in [5, 5.41) is 6.65. The molecule has 0 atom stereocenters. The number of morpholine rings is 1. The summed E-state index contributed by atoms with van der Waals surface area (Å²) in [7, 11) is 0. The van der Waals surface area contributed by atoms with Crippen LogP contribution in [0.1, 0.15) is 37.7 Å². The number of ether oxygens (including phenoxy) is 1. The molecule has 2 N–H and O–H groups in total. The molecule has 2 fully saturated rings. The van der Waals surface area contributed by atoms with Gasteiger partial charge in [0.05, 0.1) is 13.2 Å². The van der Waals surface area contributed by atoms with Gasteiger partial charge in [-0.1, -0.05) is 36.9 Å². The molecule has 0 bridgehead atoms. The van der Waals surface area contributed by atoms with Gasteiger partial charge in [-0.25, -0.2) is 4.79 Å². The number of halogens is 1. The Morgan fingerprint density at radius 1 is 1.24 bits per heavy atom. The lowest BCUT2D eigenvalue weighted by atomic mass is 9.80. The minimum absolute atomic E-state index is 0.0737. The maximum absolute atomic E-state index is 12.4. The number of hydrogen-bond donors (Lipinski definition) is 2. The number of nitrogens with one attached hydrogen (secondary N) is 2. The molecule has 0 spiro atoms. The van der Waals surface area contributed by atoms with Crippen LogP contribution in [0.15, 0.2) is 18.2 Å². The number of aryl methyl sites for hydroxylation is 1. The highest BCUT2D eigenvalue weighted by Gasteiger charge is 2.38. The van der Waals surface area contributed by atoms with E-state index in [1.807, 2.05) is 19.1 Å². The van der Waals surface area contributed by atoms with E-state index in [9.17, 15) is 4.79 Å². The molecule has 1 heterocycles. The van der Waals surface area contributed by atoms with Crippen molar-refractivity contribution >= 4 is 23.3 Å². The molecule has 1 aliphatic carbocycles. The van der Waals surface area contributed by atoms with E-state index < -0.39 is 0 Å². The molecule has 2 amide bonds. The van der Waals surface area contributed by atoms with Gasteiger partial charge in [-0.2, -0.15) is 0 Å². The molecule has 0 unspecified atom stereocenters. The first-order valence-electron chi connectivity index (χ1n) is 9.23. The minimum atomic E-state index is -0.168. The van der Waals surface area contributed by atoms with E-state index in [1.165, 1.54) is 19.3 Å². The summed E-state index contributed by atoms with van der Waals surface area (Å²) in [4.78, 5) is 14.9. The van der Waals surface area contributed by atoms with E-state index in [2.05, 4.69) is 15.5 Å². The normalized spacial score (nSPS) is 20.9. The van der Waals surface area contributed by atoms with E-state index in [4.69, 9.17) is 16.3 Å². The minimum Gasteiger partial charge on any atom is -0.379 e. The van der Waals surface area contributed by atoms with Gasteiger partial charge in [-0.05, 0) is 37.5 Å². The first-order valence-corrected chi connectivity index (χ1v) is 9.61. The second-order valence-corrected chi connectivity index (χ2v) is 7.56. The Balaban J connectivity index is 1.60. The molecule has 0 aromatic heterocycles. The average molecular weight is 366 g/mol. The second-order valence-electron chi connectivity index (χ2n) is 7.16. The Morgan fingerprint density at radius 3 is 2.64 bits per heavy atom. The highest BCUT2D eigenvalue weighted by molar-refractivity contribution is 6.31. The van der Waals surface area contributed by atoms with Gasteiger partial charge in [0.25, 0.3) is 0 Å². The van der Waals surface area contributed by atoms with Crippen LogP contribution in [0, 0.1) is 6.92 Å². The topological polar surface area (TPSA) is 53.6 Å².